The Morgan fingerprint density at radius 2 is 0.732 bits per heavy atom. The van der Waals surface area contributed by atoms with Crippen LogP contribution in [-0.2, 0) is 14.2 Å². The average Bonchev–Trinajstić information content (AvgIpc) is 2.96. The van der Waals surface area contributed by atoms with Crippen molar-refractivity contribution in [3.63, 3.8) is 0 Å². The van der Waals surface area contributed by atoms with Crippen molar-refractivity contribution in [2.24, 2.45) is 0 Å². The summed E-state index contributed by atoms with van der Waals surface area (Å²) >= 11 is 7.29. The summed E-state index contributed by atoms with van der Waals surface area (Å²) in [5.41, 5.74) is 0. The first-order valence-electron chi connectivity index (χ1n) is 17.9. The van der Waals surface area contributed by atoms with E-state index >= 15 is 0 Å². The number of nitrogens with zero attached hydrogens (tertiary/aromatic N) is 1. The van der Waals surface area contributed by atoms with Gasteiger partial charge >= 0.3 is 0 Å². The molecule has 0 radical (unpaired) electrons. The largest absolute Gasteiger partial charge is 0.331 e. The lowest BCUT2D eigenvalue weighted by molar-refractivity contribution is -0.355. The highest BCUT2D eigenvalue weighted by Crippen LogP contribution is 2.34. The Labute approximate surface area is 263 Å². The van der Waals surface area contributed by atoms with Gasteiger partial charge in [0.1, 0.15) is 0 Å². The van der Waals surface area contributed by atoms with E-state index in [4.69, 9.17) is 25.8 Å². The summed E-state index contributed by atoms with van der Waals surface area (Å²) in [5, 5.41) is 0. The Hall–Kier alpha value is 0.130. The van der Waals surface area contributed by atoms with Crippen LogP contribution in [0.15, 0.2) is 0 Å². The standard InChI is InChI=1S/C36H74ClNO3/c1-7-8-9-10-11-12-13-14-15-16-17-18-19-20-23-26-30-35(37,32-29-34-38(2)3)31-27-24-21-22-25-28-33-36(39-4,40-5)41-6/h7-34H2,1-6H3. The van der Waals surface area contributed by atoms with Gasteiger partial charge in [0.2, 0.25) is 0 Å². The monoisotopic (exact) mass is 604 g/mol. The maximum Gasteiger partial charge on any atom is 0.282 e. The van der Waals surface area contributed by atoms with Gasteiger partial charge in [-0.3, -0.25) is 0 Å². The van der Waals surface area contributed by atoms with E-state index in [2.05, 4.69) is 25.9 Å². The fourth-order valence-corrected chi connectivity index (χ4v) is 6.52. The van der Waals surface area contributed by atoms with E-state index in [1.807, 2.05) is 0 Å². The average molecular weight is 604 g/mol. The van der Waals surface area contributed by atoms with Gasteiger partial charge in [0.25, 0.3) is 5.97 Å². The van der Waals surface area contributed by atoms with E-state index < -0.39 is 5.97 Å². The van der Waals surface area contributed by atoms with Crippen molar-refractivity contribution in [1.29, 1.82) is 0 Å². The molecule has 0 aromatic rings. The number of rotatable bonds is 33. The van der Waals surface area contributed by atoms with Crippen LogP contribution in [-0.4, -0.2) is 57.7 Å². The summed E-state index contributed by atoms with van der Waals surface area (Å²) in [5.74, 6) is -0.878. The lowest BCUT2D eigenvalue weighted by atomic mass is 9.89. The Kier molecular flexibility index (Phi) is 29.0. The number of ether oxygens (including phenoxy) is 3. The SMILES string of the molecule is CCCCCCCCCCCCCCCCCCC(Cl)(CCCCCCCCC(OC)(OC)OC)CCCN(C)C. The second-order valence-electron chi connectivity index (χ2n) is 13.0. The Bertz CT molecular complexity index is 521. The van der Waals surface area contributed by atoms with Crippen LogP contribution in [0.1, 0.15) is 180 Å². The predicted octanol–water partition coefficient (Wildman–Crippen LogP) is 11.7. The van der Waals surface area contributed by atoms with Gasteiger partial charge in [-0.1, -0.05) is 142 Å². The summed E-state index contributed by atoms with van der Waals surface area (Å²) in [6.45, 7) is 3.44. The van der Waals surface area contributed by atoms with E-state index in [1.165, 1.54) is 154 Å². The van der Waals surface area contributed by atoms with Crippen molar-refractivity contribution in [1.82, 2.24) is 4.90 Å². The third-order valence-corrected chi connectivity index (χ3v) is 9.57. The molecule has 41 heavy (non-hydrogen) atoms. The Morgan fingerprint density at radius 1 is 0.439 bits per heavy atom. The lowest BCUT2D eigenvalue weighted by Crippen LogP contribution is -2.35. The second kappa shape index (κ2) is 28.9. The first-order valence-corrected chi connectivity index (χ1v) is 18.2. The highest BCUT2D eigenvalue weighted by Gasteiger charge is 2.28. The highest BCUT2D eigenvalue weighted by molar-refractivity contribution is 6.23. The fourth-order valence-electron chi connectivity index (χ4n) is 6.12. The minimum atomic E-state index is -0.878. The molecule has 0 saturated carbocycles. The van der Waals surface area contributed by atoms with Crippen LogP contribution in [0.25, 0.3) is 0 Å². The van der Waals surface area contributed by atoms with Crippen LogP contribution in [0.5, 0.6) is 0 Å². The molecule has 4 nitrogen and oxygen atoms in total. The number of methoxy groups -OCH3 is 3. The lowest BCUT2D eigenvalue weighted by Gasteiger charge is -2.28. The molecule has 5 heteroatoms. The van der Waals surface area contributed by atoms with Gasteiger partial charge in [0.05, 0.1) is 0 Å². The molecule has 0 aliphatic rings. The molecule has 0 aromatic heterocycles. The smallest absolute Gasteiger partial charge is 0.282 e. The summed E-state index contributed by atoms with van der Waals surface area (Å²) < 4.78 is 16.2. The topological polar surface area (TPSA) is 30.9 Å². The van der Waals surface area contributed by atoms with Gasteiger partial charge < -0.3 is 19.1 Å². The molecule has 0 saturated heterocycles. The Balaban J connectivity index is 3.94. The molecule has 0 aliphatic heterocycles. The first-order chi connectivity index (χ1) is 19.9. The van der Waals surface area contributed by atoms with Crippen molar-refractivity contribution in [3.8, 4) is 0 Å². The number of alkyl halides is 1. The summed E-state index contributed by atoms with van der Waals surface area (Å²) in [7, 11) is 9.26. The fraction of sp³-hybridized carbons (Fsp3) is 1.00. The predicted molar refractivity (Wildman–Crippen MR) is 181 cm³/mol. The highest BCUT2D eigenvalue weighted by atomic mass is 35.5. The summed E-state index contributed by atoms with van der Waals surface area (Å²) in [6, 6.07) is 0. The molecule has 0 aliphatic carbocycles. The maximum absolute atomic E-state index is 7.29. The first kappa shape index (κ1) is 41.1. The molecule has 0 spiro atoms. The molecule has 0 amide bonds. The van der Waals surface area contributed by atoms with Crippen molar-refractivity contribution in [2.45, 2.75) is 191 Å². The molecular formula is C36H74ClNO3. The Morgan fingerprint density at radius 3 is 1.05 bits per heavy atom. The molecule has 0 rings (SSSR count). The normalized spacial score (nSPS) is 13.8. The van der Waals surface area contributed by atoms with E-state index in [0.29, 0.717) is 0 Å². The van der Waals surface area contributed by atoms with Crippen molar-refractivity contribution < 1.29 is 14.2 Å². The number of unbranched alkanes of at least 4 members (excludes halogenated alkanes) is 20. The molecular weight excluding hydrogens is 530 g/mol. The van der Waals surface area contributed by atoms with Gasteiger partial charge in [-0.15, -0.1) is 11.6 Å². The molecule has 0 fully saturated rings. The second-order valence-corrected chi connectivity index (χ2v) is 13.8. The van der Waals surface area contributed by atoms with E-state index in [1.54, 1.807) is 21.3 Å². The molecule has 1 atom stereocenters. The molecule has 248 valence electrons. The summed E-state index contributed by atoms with van der Waals surface area (Å²) in [6.07, 6.45) is 35.5. The molecule has 0 N–H and O–H groups in total. The minimum Gasteiger partial charge on any atom is -0.331 e. The zero-order valence-corrected chi connectivity index (χ0v) is 29.6. The van der Waals surface area contributed by atoms with Crippen LogP contribution >= 0.6 is 11.6 Å². The molecule has 0 heterocycles. The summed E-state index contributed by atoms with van der Waals surface area (Å²) in [4.78, 5) is 2.29. The van der Waals surface area contributed by atoms with Crippen LogP contribution < -0.4 is 0 Å². The number of hydrogen-bond acceptors (Lipinski definition) is 4. The molecule has 1 unspecified atom stereocenters. The third-order valence-electron chi connectivity index (χ3n) is 9.00. The minimum absolute atomic E-state index is 0.001000. The number of halogens is 1. The van der Waals surface area contributed by atoms with E-state index in [0.717, 1.165) is 25.8 Å². The van der Waals surface area contributed by atoms with E-state index in [-0.39, 0.29) is 4.87 Å². The zero-order chi connectivity index (χ0) is 30.5. The third kappa shape index (κ3) is 25.2. The zero-order valence-electron chi connectivity index (χ0n) is 28.8. The van der Waals surface area contributed by atoms with Gasteiger partial charge in [0.15, 0.2) is 0 Å². The van der Waals surface area contributed by atoms with Crippen molar-refractivity contribution in [2.75, 3.05) is 42.0 Å². The van der Waals surface area contributed by atoms with Gasteiger partial charge in [-0.05, 0) is 52.7 Å². The number of hydrogen-bond donors (Lipinski definition) is 0. The van der Waals surface area contributed by atoms with Crippen LogP contribution in [0.3, 0.4) is 0 Å². The van der Waals surface area contributed by atoms with Gasteiger partial charge in [0, 0.05) is 32.6 Å². The maximum atomic E-state index is 7.29. The van der Waals surface area contributed by atoms with Crippen molar-refractivity contribution in [3.05, 3.63) is 0 Å². The van der Waals surface area contributed by atoms with Crippen LogP contribution in [0.4, 0.5) is 0 Å². The molecule has 0 bridgehead atoms. The molecule has 0 aromatic carbocycles. The van der Waals surface area contributed by atoms with Crippen LogP contribution in [0.2, 0.25) is 0 Å². The van der Waals surface area contributed by atoms with Crippen LogP contribution in [0, 0.1) is 0 Å². The van der Waals surface area contributed by atoms with Gasteiger partial charge in [-0.2, -0.15) is 0 Å². The quantitative estimate of drug-likeness (QED) is 0.0424. The van der Waals surface area contributed by atoms with Crippen molar-refractivity contribution >= 4 is 11.6 Å². The van der Waals surface area contributed by atoms with Gasteiger partial charge in [-0.25, -0.2) is 0 Å². The van der Waals surface area contributed by atoms with E-state index in [9.17, 15) is 0 Å².